The lowest BCUT2D eigenvalue weighted by atomic mass is 10.0. The van der Waals surface area contributed by atoms with Crippen molar-refractivity contribution in [3.63, 3.8) is 0 Å². The van der Waals surface area contributed by atoms with E-state index in [9.17, 15) is 13.2 Å². The van der Waals surface area contributed by atoms with Gasteiger partial charge in [-0.25, -0.2) is 8.42 Å². The molecule has 0 bridgehead atoms. The van der Waals surface area contributed by atoms with Gasteiger partial charge in [-0.2, -0.15) is 0 Å². The molecule has 0 aliphatic carbocycles. The van der Waals surface area contributed by atoms with E-state index in [0.717, 1.165) is 10.9 Å². The number of nitrogens with one attached hydrogen (secondary N) is 2. The summed E-state index contributed by atoms with van der Waals surface area (Å²) in [7, 11) is -3.77. The molecular weight excluding hydrogens is 340 g/mol. The normalized spacial score (nSPS) is 14.2. The minimum Gasteiger partial charge on any atom is -0.459 e. The van der Waals surface area contributed by atoms with Crippen molar-refractivity contribution < 1.29 is 17.6 Å². The zero-order valence-corrected chi connectivity index (χ0v) is 14.3. The molecule has 1 aliphatic heterocycles. The van der Waals surface area contributed by atoms with Crippen LogP contribution in [0.4, 0.5) is 11.4 Å². The molecule has 128 valence electrons. The first kappa shape index (κ1) is 15.7. The average Bonchev–Trinajstić information content (AvgIpc) is 2.95. The molecule has 0 unspecified atom stereocenters. The van der Waals surface area contributed by atoms with Gasteiger partial charge >= 0.3 is 0 Å². The number of amides is 1. The van der Waals surface area contributed by atoms with Gasteiger partial charge in [0.25, 0.3) is 10.0 Å². The van der Waals surface area contributed by atoms with E-state index in [1.165, 1.54) is 6.07 Å². The number of rotatable bonds is 3. The van der Waals surface area contributed by atoms with E-state index in [1.807, 2.05) is 19.1 Å². The summed E-state index contributed by atoms with van der Waals surface area (Å²) in [5.74, 6) is 0.660. The number of carbonyl (C=O) groups excluding carboxylic acids is 1. The Morgan fingerprint density at radius 3 is 2.80 bits per heavy atom. The van der Waals surface area contributed by atoms with Crippen LogP contribution in [0.5, 0.6) is 0 Å². The summed E-state index contributed by atoms with van der Waals surface area (Å²) in [5, 5.41) is 3.58. The number of furan rings is 1. The molecule has 4 rings (SSSR count). The Bertz CT molecular complexity index is 1100. The van der Waals surface area contributed by atoms with Crippen LogP contribution in [0, 0.1) is 6.92 Å². The average molecular weight is 356 g/mol. The van der Waals surface area contributed by atoms with Crippen LogP contribution in [0.15, 0.2) is 51.8 Å². The van der Waals surface area contributed by atoms with Crippen molar-refractivity contribution >= 4 is 38.3 Å². The van der Waals surface area contributed by atoms with Crippen LogP contribution >= 0.6 is 0 Å². The van der Waals surface area contributed by atoms with Crippen LogP contribution < -0.4 is 10.0 Å². The fourth-order valence-electron chi connectivity index (χ4n) is 3.00. The summed E-state index contributed by atoms with van der Waals surface area (Å²) in [6, 6.07) is 11.9. The van der Waals surface area contributed by atoms with E-state index >= 15 is 0 Å². The second kappa shape index (κ2) is 5.63. The van der Waals surface area contributed by atoms with Crippen molar-refractivity contribution in [2.45, 2.75) is 24.7 Å². The molecule has 7 heteroatoms. The summed E-state index contributed by atoms with van der Waals surface area (Å²) < 4.78 is 33.7. The van der Waals surface area contributed by atoms with E-state index in [-0.39, 0.29) is 10.8 Å². The molecule has 0 atom stereocenters. The summed E-state index contributed by atoms with van der Waals surface area (Å²) in [6.07, 6.45) is 0.881. The Balaban J connectivity index is 1.71. The van der Waals surface area contributed by atoms with Gasteiger partial charge in [-0.05, 0) is 49.2 Å². The van der Waals surface area contributed by atoms with Gasteiger partial charge in [0.1, 0.15) is 5.76 Å². The molecule has 1 aromatic heterocycles. The Labute approximate surface area is 144 Å². The fraction of sp³-hybridized carbons (Fsp3) is 0.167. The van der Waals surface area contributed by atoms with Crippen LogP contribution in [0.3, 0.4) is 0 Å². The SMILES string of the molecule is Cc1cc2cccc(NS(=O)(=O)c3ccc4c(c3)CCC(=O)N4)c2o1. The molecule has 3 aromatic rings. The molecular formula is C18H16N2O4S. The summed E-state index contributed by atoms with van der Waals surface area (Å²) in [6.45, 7) is 1.82. The molecule has 0 saturated carbocycles. The second-order valence-corrected chi connectivity index (χ2v) is 7.74. The highest BCUT2D eigenvalue weighted by Gasteiger charge is 2.21. The molecule has 25 heavy (non-hydrogen) atoms. The third-order valence-corrected chi connectivity index (χ3v) is 5.56. The topological polar surface area (TPSA) is 88.4 Å². The lowest BCUT2D eigenvalue weighted by Gasteiger charge is -2.18. The number of para-hydroxylation sites is 1. The number of hydrogen-bond acceptors (Lipinski definition) is 4. The summed E-state index contributed by atoms with van der Waals surface area (Å²) >= 11 is 0. The quantitative estimate of drug-likeness (QED) is 0.752. The third kappa shape index (κ3) is 2.87. The maximum Gasteiger partial charge on any atom is 0.262 e. The molecule has 1 aliphatic rings. The highest BCUT2D eigenvalue weighted by molar-refractivity contribution is 7.92. The predicted octanol–water partition coefficient (Wildman–Crippen LogP) is 3.43. The van der Waals surface area contributed by atoms with E-state index < -0.39 is 10.0 Å². The highest BCUT2D eigenvalue weighted by Crippen LogP contribution is 2.30. The zero-order valence-electron chi connectivity index (χ0n) is 13.5. The van der Waals surface area contributed by atoms with Gasteiger partial charge in [-0.1, -0.05) is 12.1 Å². The van der Waals surface area contributed by atoms with Crippen molar-refractivity contribution in [3.05, 3.63) is 53.8 Å². The van der Waals surface area contributed by atoms with Gasteiger partial charge in [0.05, 0.1) is 10.6 Å². The lowest BCUT2D eigenvalue weighted by molar-refractivity contribution is -0.116. The molecule has 0 spiro atoms. The van der Waals surface area contributed by atoms with Crippen LogP contribution in [0.1, 0.15) is 17.7 Å². The number of anilines is 2. The monoisotopic (exact) mass is 356 g/mol. The van der Waals surface area contributed by atoms with E-state index in [4.69, 9.17) is 4.42 Å². The first-order valence-corrected chi connectivity index (χ1v) is 9.35. The third-order valence-electron chi connectivity index (χ3n) is 4.19. The molecule has 1 amide bonds. The molecule has 0 radical (unpaired) electrons. The van der Waals surface area contributed by atoms with Crippen molar-refractivity contribution in [3.8, 4) is 0 Å². The van der Waals surface area contributed by atoms with Gasteiger partial charge in [0.15, 0.2) is 5.58 Å². The summed E-state index contributed by atoms with van der Waals surface area (Å²) in [4.78, 5) is 11.6. The molecule has 0 fully saturated rings. The van der Waals surface area contributed by atoms with Crippen LogP contribution in [0.25, 0.3) is 11.0 Å². The fourth-order valence-corrected chi connectivity index (χ4v) is 4.12. The van der Waals surface area contributed by atoms with Gasteiger partial charge < -0.3 is 9.73 Å². The number of fused-ring (bicyclic) bond motifs is 2. The largest absolute Gasteiger partial charge is 0.459 e. The molecule has 6 nitrogen and oxygen atoms in total. The minimum atomic E-state index is -3.77. The molecule has 2 N–H and O–H groups in total. The molecule has 2 heterocycles. The van der Waals surface area contributed by atoms with Crippen LogP contribution in [-0.2, 0) is 21.2 Å². The van der Waals surface area contributed by atoms with Crippen molar-refractivity contribution in [2.24, 2.45) is 0 Å². The van der Waals surface area contributed by atoms with Gasteiger partial charge in [-0.15, -0.1) is 0 Å². The molecule has 2 aromatic carbocycles. The number of carbonyl (C=O) groups is 1. The van der Waals surface area contributed by atoms with E-state index in [1.54, 1.807) is 24.3 Å². The maximum atomic E-state index is 12.8. The Morgan fingerprint density at radius 1 is 1.12 bits per heavy atom. The second-order valence-electron chi connectivity index (χ2n) is 6.05. The van der Waals surface area contributed by atoms with Crippen molar-refractivity contribution in [1.29, 1.82) is 0 Å². The van der Waals surface area contributed by atoms with Crippen molar-refractivity contribution in [1.82, 2.24) is 0 Å². The number of benzene rings is 2. The van der Waals surface area contributed by atoms with Gasteiger partial charge in [0, 0.05) is 17.5 Å². The number of hydrogen-bond donors (Lipinski definition) is 2. The smallest absolute Gasteiger partial charge is 0.262 e. The van der Waals surface area contributed by atoms with Gasteiger partial charge in [-0.3, -0.25) is 9.52 Å². The maximum absolute atomic E-state index is 12.8. The zero-order chi connectivity index (χ0) is 17.6. The predicted molar refractivity (Wildman–Crippen MR) is 95.2 cm³/mol. The first-order chi connectivity index (χ1) is 11.9. The molecule has 0 saturated heterocycles. The van der Waals surface area contributed by atoms with Crippen molar-refractivity contribution in [2.75, 3.05) is 10.0 Å². The number of sulfonamides is 1. The van der Waals surface area contributed by atoms with Gasteiger partial charge in [0.2, 0.25) is 5.91 Å². The first-order valence-electron chi connectivity index (χ1n) is 7.87. The Morgan fingerprint density at radius 2 is 1.96 bits per heavy atom. The Hall–Kier alpha value is -2.80. The van der Waals surface area contributed by atoms with E-state index in [2.05, 4.69) is 10.0 Å². The number of aryl methyl sites for hydroxylation is 2. The Kier molecular flexibility index (Phi) is 3.54. The minimum absolute atomic E-state index is 0.0545. The van der Waals surface area contributed by atoms with E-state index in [0.29, 0.717) is 35.6 Å². The standard InChI is InChI=1S/C18H16N2O4S/c1-11-9-13-3-2-4-16(18(13)24-11)20-25(22,23)14-6-7-15-12(10-14)5-8-17(21)19-15/h2-4,6-7,9-10,20H,5,8H2,1H3,(H,19,21). The summed E-state index contributed by atoms with van der Waals surface area (Å²) in [5.41, 5.74) is 2.39. The highest BCUT2D eigenvalue weighted by atomic mass is 32.2. The van der Waals surface area contributed by atoms with Crippen LogP contribution in [-0.4, -0.2) is 14.3 Å². The van der Waals surface area contributed by atoms with Crippen LogP contribution in [0.2, 0.25) is 0 Å². The lowest BCUT2D eigenvalue weighted by Crippen LogP contribution is -2.20.